The van der Waals surface area contributed by atoms with E-state index in [-0.39, 0.29) is 11.9 Å². The molecule has 172 valence electrons. The van der Waals surface area contributed by atoms with Gasteiger partial charge in [0.1, 0.15) is 5.75 Å². The van der Waals surface area contributed by atoms with Gasteiger partial charge < -0.3 is 19.9 Å². The van der Waals surface area contributed by atoms with Gasteiger partial charge in [0.2, 0.25) is 0 Å². The molecular formula is C26H36N4O2. The van der Waals surface area contributed by atoms with Crippen molar-refractivity contribution in [2.24, 2.45) is 0 Å². The van der Waals surface area contributed by atoms with E-state index >= 15 is 0 Å². The molecule has 1 saturated heterocycles. The number of amides is 1. The minimum absolute atomic E-state index is 0.0372. The summed E-state index contributed by atoms with van der Waals surface area (Å²) in [5.74, 6) is 0.753. The monoisotopic (exact) mass is 436 g/mol. The maximum absolute atomic E-state index is 12.9. The van der Waals surface area contributed by atoms with E-state index in [2.05, 4.69) is 52.3 Å². The second-order valence-electron chi connectivity index (χ2n) is 8.94. The van der Waals surface area contributed by atoms with Gasteiger partial charge in [-0.2, -0.15) is 0 Å². The zero-order chi connectivity index (χ0) is 22.5. The molecule has 0 bridgehead atoms. The molecule has 1 fully saturated rings. The summed E-state index contributed by atoms with van der Waals surface area (Å²) in [5, 5.41) is 3.20. The Morgan fingerprint density at radius 3 is 2.50 bits per heavy atom. The van der Waals surface area contributed by atoms with E-state index < -0.39 is 0 Å². The first-order valence-electron chi connectivity index (χ1n) is 11.8. The number of aryl methyl sites for hydroxylation is 1. The number of fused-ring (bicyclic) bond motifs is 1. The molecule has 1 amide bonds. The molecule has 2 aromatic carbocycles. The zero-order valence-corrected chi connectivity index (χ0v) is 19.6. The minimum Gasteiger partial charge on any atom is -0.494 e. The maximum atomic E-state index is 12.9. The Balaban J connectivity index is 1.50. The Labute approximate surface area is 192 Å². The van der Waals surface area contributed by atoms with Gasteiger partial charge in [-0.05, 0) is 68.3 Å². The van der Waals surface area contributed by atoms with Gasteiger partial charge >= 0.3 is 0 Å². The van der Waals surface area contributed by atoms with Crippen LogP contribution in [0.25, 0.3) is 0 Å². The fraction of sp³-hybridized carbons (Fsp3) is 0.500. The van der Waals surface area contributed by atoms with E-state index in [1.54, 1.807) is 0 Å². The SMILES string of the molecule is CCOc1ccc(C(=O)NC[C@@H](c2ccc3c(c2)CCCN3C)N2CCN(C)CC2)cc1. The van der Waals surface area contributed by atoms with Gasteiger partial charge in [0.25, 0.3) is 5.91 Å². The highest BCUT2D eigenvalue weighted by Crippen LogP contribution is 2.31. The third-order valence-corrected chi connectivity index (χ3v) is 6.70. The highest BCUT2D eigenvalue weighted by molar-refractivity contribution is 5.94. The predicted molar refractivity (Wildman–Crippen MR) is 130 cm³/mol. The van der Waals surface area contributed by atoms with Gasteiger partial charge in [0, 0.05) is 57.6 Å². The molecule has 32 heavy (non-hydrogen) atoms. The number of benzene rings is 2. The molecule has 0 saturated carbocycles. The Bertz CT molecular complexity index is 907. The highest BCUT2D eigenvalue weighted by atomic mass is 16.5. The quantitative estimate of drug-likeness (QED) is 0.722. The minimum atomic E-state index is -0.0372. The molecule has 6 heteroatoms. The van der Waals surface area contributed by atoms with Crippen molar-refractivity contribution in [3.8, 4) is 5.75 Å². The van der Waals surface area contributed by atoms with Crippen LogP contribution >= 0.6 is 0 Å². The van der Waals surface area contributed by atoms with E-state index in [4.69, 9.17) is 4.74 Å². The van der Waals surface area contributed by atoms with E-state index in [9.17, 15) is 4.79 Å². The fourth-order valence-electron chi connectivity index (χ4n) is 4.76. The lowest BCUT2D eigenvalue weighted by Gasteiger charge is -2.39. The van der Waals surface area contributed by atoms with E-state index in [1.807, 2.05) is 31.2 Å². The topological polar surface area (TPSA) is 48.1 Å². The van der Waals surface area contributed by atoms with Crippen LogP contribution in [0, 0.1) is 0 Å². The first-order valence-corrected chi connectivity index (χ1v) is 11.8. The molecule has 0 spiro atoms. The second kappa shape index (κ2) is 10.4. The molecule has 2 aliphatic heterocycles. The van der Waals surface area contributed by atoms with Crippen LogP contribution in [-0.4, -0.2) is 75.7 Å². The van der Waals surface area contributed by atoms with Gasteiger partial charge in [0.15, 0.2) is 0 Å². The van der Waals surface area contributed by atoms with Gasteiger partial charge in [-0.25, -0.2) is 0 Å². The summed E-state index contributed by atoms with van der Waals surface area (Å²) in [6, 6.07) is 14.4. The van der Waals surface area contributed by atoms with Crippen LogP contribution in [0.4, 0.5) is 5.69 Å². The summed E-state index contributed by atoms with van der Waals surface area (Å²) in [6.45, 7) is 8.42. The first-order chi connectivity index (χ1) is 15.5. The van der Waals surface area contributed by atoms with E-state index in [1.165, 1.54) is 23.2 Å². The summed E-state index contributed by atoms with van der Waals surface area (Å²) in [6.07, 6.45) is 2.32. The van der Waals surface area contributed by atoms with Crippen molar-refractivity contribution in [1.29, 1.82) is 0 Å². The van der Waals surface area contributed by atoms with Crippen LogP contribution in [0.3, 0.4) is 0 Å². The van der Waals surface area contributed by atoms with Crippen molar-refractivity contribution >= 4 is 11.6 Å². The number of nitrogens with zero attached hydrogens (tertiary/aromatic N) is 3. The van der Waals surface area contributed by atoms with Crippen molar-refractivity contribution < 1.29 is 9.53 Å². The van der Waals surface area contributed by atoms with Crippen molar-refractivity contribution in [3.63, 3.8) is 0 Å². The van der Waals surface area contributed by atoms with Gasteiger partial charge in [-0.3, -0.25) is 9.69 Å². The third-order valence-electron chi connectivity index (χ3n) is 6.70. The van der Waals surface area contributed by atoms with Crippen LogP contribution in [0.2, 0.25) is 0 Å². The van der Waals surface area contributed by atoms with Gasteiger partial charge in [-0.1, -0.05) is 12.1 Å². The Hall–Kier alpha value is -2.57. The molecule has 2 heterocycles. The summed E-state index contributed by atoms with van der Waals surface area (Å²) >= 11 is 0. The molecule has 0 radical (unpaired) electrons. The number of carbonyl (C=O) groups is 1. The average molecular weight is 437 g/mol. The number of anilines is 1. The first kappa shape index (κ1) is 22.6. The molecular weight excluding hydrogens is 400 g/mol. The van der Waals surface area contributed by atoms with Crippen molar-refractivity contribution in [3.05, 3.63) is 59.2 Å². The number of nitrogens with one attached hydrogen (secondary N) is 1. The van der Waals surface area contributed by atoms with Crippen molar-refractivity contribution in [2.45, 2.75) is 25.8 Å². The molecule has 1 N–H and O–H groups in total. The van der Waals surface area contributed by atoms with Gasteiger partial charge in [-0.15, -0.1) is 0 Å². The lowest BCUT2D eigenvalue weighted by molar-refractivity contribution is 0.0886. The summed E-state index contributed by atoms with van der Waals surface area (Å²) in [5.41, 5.74) is 4.73. The molecule has 1 atom stereocenters. The molecule has 2 aromatic rings. The van der Waals surface area contributed by atoms with Crippen molar-refractivity contribution in [1.82, 2.24) is 15.1 Å². The smallest absolute Gasteiger partial charge is 0.251 e. The Kier molecular flexibility index (Phi) is 7.33. The summed E-state index contributed by atoms with van der Waals surface area (Å²) in [7, 11) is 4.35. The lowest BCUT2D eigenvalue weighted by atomic mass is 9.95. The fourth-order valence-corrected chi connectivity index (χ4v) is 4.76. The summed E-state index contributed by atoms with van der Waals surface area (Å²) in [4.78, 5) is 20.1. The van der Waals surface area contributed by atoms with E-state index in [0.29, 0.717) is 18.7 Å². The number of ether oxygens (including phenoxy) is 1. The average Bonchev–Trinajstić information content (AvgIpc) is 2.81. The molecule has 2 aliphatic rings. The normalized spacial score (nSPS) is 18.2. The van der Waals surface area contributed by atoms with Gasteiger partial charge in [0.05, 0.1) is 12.6 Å². The molecule has 4 rings (SSSR count). The molecule has 6 nitrogen and oxygen atoms in total. The Morgan fingerprint density at radius 2 is 1.78 bits per heavy atom. The largest absolute Gasteiger partial charge is 0.494 e. The van der Waals surface area contributed by atoms with Crippen molar-refractivity contribution in [2.75, 3.05) is 64.9 Å². The number of hydrogen-bond donors (Lipinski definition) is 1. The molecule has 0 unspecified atom stereocenters. The van der Waals surface area contributed by atoms with Crippen LogP contribution in [0.15, 0.2) is 42.5 Å². The number of hydrogen-bond acceptors (Lipinski definition) is 5. The van der Waals surface area contributed by atoms with Crippen LogP contribution in [-0.2, 0) is 6.42 Å². The summed E-state index contributed by atoms with van der Waals surface area (Å²) < 4.78 is 5.49. The van der Waals surface area contributed by atoms with Crippen LogP contribution in [0.5, 0.6) is 5.75 Å². The Morgan fingerprint density at radius 1 is 1.03 bits per heavy atom. The number of piperazine rings is 1. The molecule has 0 aliphatic carbocycles. The van der Waals surface area contributed by atoms with E-state index in [0.717, 1.165) is 44.9 Å². The number of likely N-dealkylation sites (N-methyl/N-ethyl adjacent to an activating group) is 1. The number of carbonyl (C=O) groups excluding carboxylic acids is 1. The highest BCUT2D eigenvalue weighted by Gasteiger charge is 2.26. The number of rotatable bonds is 7. The van der Waals surface area contributed by atoms with Crippen LogP contribution < -0.4 is 15.0 Å². The molecule has 0 aromatic heterocycles. The van der Waals surface area contributed by atoms with Crippen LogP contribution in [0.1, 0.15) is 40.9 Å². The zero-order valence-electron chi connectivity index (χ0n) is 19.6. The third kappa shape index (κ3) is 5.25. The lowest BCUT2D eigenvalue weighted by Crippen LogP contribution is -2.48. The second-order valence-corrected chi connectivity index (χ2v) is 8.94. The maximum Gasteiger partial charge on any atom is 0.251 e. The standard InChI is InChI=1S/C26H36N4O2/c1-4-32-23-10-7-20(8-11-23)26(31)27-19-25(30-16-14-28(2)15-17-30)22-9-12-24-21(18-22)6-5-13-29(24)3/h7-12,18,25H,4-6,13-17,19H2,1-3H3,(H,27,31)/t25-/m0/s1. The predicted octanol–water partition coefficient (Wildman–Crippen LogP) is 3.19.